The normalized spacial score (nSPS) is 15.3. The van der Waals surface area contributed by atoms with Crippen molar-refractivity contribution < 1.29 is 17.9 Å². The summed E-state index contributed by atoms with van der Waals surface area (Å²) < 4.78 is 34.2. The highest BCUT2D eigenvalue weighted by Crippen LogP contribution is 2.35. The number of ether oxygens (including phenoxy) is 1. The molecule has 0 spiro atoms. The van der Waals surface area contributed by atoms with E-state index in [9.17, 15) is 13.2 Å². The van der Waals surface area contributed by atoms with Crippen molar-refractivity contribution in [1.29, 1.82) is 0 Å². The van der Waals surface area contributed by atoms with Gasteiger partial charge in [-0.15, -0.1) is 0 Å². The Hall–Kier alpha value is -3.32. The number of carbonyl (C=O) groups is 1. The molecule has 1 aliphatic heterocycles. The lowest BCUT2D eigenvalue weighted by Crippen LogP contribution is -2.33. The minimum atomic E-state index is -3.86. The third-order valence-electron chi connectivity index (χ3n) is 5.72. The number of anilines is 2. The molecule has 0 bridgehead atoms. The first-order chi connectivity index (χ1) is 15.3. The van der Waals surface area contributed by atoms with Crippen LogP contribution < -0.4 is 13.9 Å². The van der Waals surface area contributed by atoms with Gasteiger partial charge < -0.3 is 9.64 Å². The van der Waals surface area contributed by atoms with Gasteiger partial charge in [0.15, 0.2) is 0 Å². The van der Waals surface area contributed by atoms with E-state index in [1.807, 2.05) is 37.3 Å². The zero-order valence-corrected chi connectivity index (χ0v) is 19.2. The second-order valence-electron chi connectivity index (χ2n) is 7.93. The summed E-state index contributed by atoms with van der Waals surface area (Å²) >= 11 is 0. The Morgan fingerprint density at radius 3 is 2.38 bits per heavy atom. The summed E-state index contributed by atoms with van der Waals surface area (Å²) in [6, 6.07) is 21.5. The van der Waals surface area contributed by atoms with Gasteiger partial charge >= 0.3 is 0 Å². The topological polar surface area (TPSA) is 66.9 Å². The summed E-state index contributed by atoms with van der Waals surface area (Å²) in [5.74, 6) is 0.609. The van der Waals surface area contributed by atoms with Gasteiger partial charge in [0.05, 0.1) is 24.2 Å². The maximum Gasteiger partial charge on any atom is 0.264 e. The van der Waals surface area contributed by atoms with Gasteiger partial charge in [-0.1, -0.05) is 30.3 Å². The highest BCUT2D eigenvalue weighted by atomic mass is 32.2. The van der Waals surface area contributed by atoms with Crippen LogP contribution >= 0.6 is 0 Å². The quantitative estimate of drug-likeness (QED) is 0.559. The molecule has 166 valence electrons. The van der Waals surface area contributed by atoms with E-state index < -0.39 is 10.0 Å². The monoisotopic (exact) mass is 450 g/mol. The third kappa shape index (κ3) is 4.08. The highest BCUT2D eigenvalue weighted by Gasteiger charge is 2.32. The van der Waals surface area contributed by atoms with E-state index in [2.05, 4.69) is 0 Å². The van der Waals surface area contributed by atoms with Gasteiger partial charge in [-0.05, 0) is 66.9 Å². The van der Waals surface area contributed by atoms with E-state index in [1.165, 1.54) is 11.2 Å². The number of hydrogen-bond acceptors (Lipinski definition) is 4. The van der Waals surface area contributed by atoms with E-state index >= 15 is 0 Å². The lowest BCUT2D eigenvalue weighted by Gasteiger charge is -2.25. The molecule has 0 aliphatic carbocycles. The number of fused-ring (bicyclic) bond motifs is 1. The largest absolute Gasteiger partial charge is 0.497 e. The molecule has 0 saturated carbocycles. The Morgan fingerprint density at radius 2 is 1.75 bits per heavy atom. The van der Waals surface area contributed by atoms with Crippen LogP contribution in [0, 0.1) is 0 Å². The van der Waals surface area contributed by atoms with Crippen LogP contribution in [0.4, 0.5) is 11.4 Å². The molecule has 4 rings (SSSR count). The number of rotatable bonds is 6. The minimum absolute atomic E-state index is 0.00228. The number of benzene rings is 3. The molecule has 1 unspecified atom stereocenters. The average Bonchev–Trinajstić information content (AvgIpc) is 3.13. The zero-order chi connectivity index (χ0) is 22.9. The Balaban J connectivity index is 1.76. The number of hydrogen-bond donors (Lipinski definition) is 0. The fourth-order valence-electron chi connectivity index (χ4n) is 4.19. The summed E-state index contributed by atoms with van der Waals surface area (Å²) in [5.41, 5.74) is 3.07. The van der Waals surface area contributed by atoms with E-state index in [-0.39, 0.29) is 23.4 Å². The van der Waals surface area contributed by atoms with E-state index in [1.54, 1.807) is 54.5 Å². The molecule has 0 radical (unpaired) electrons. The molecule has 0 N–H and O–H groups in total. The molecule has 0 aromatic heterocycles. The van der Waals surface area contributed by atoms with Gasteiger partial charge in [-0.3, -0.25) is 9.10 Å². The van der Waals surface area contributed by atoms with Gasteiger partial charge in [-0.2, -0.15) is 0 Å². The SMILES string of the molecule is COc1ccc(N(Cc2ccccc2)S(=O)(=O)c2ccc3c(c2)CC(C)N3C(C)=O)cc1. The predicted octanol–water partition coefficient (Wildman–Crippen LogP) is 4.39. The Kier molecular flexibility index (Phi) is 5.93. The number of carbonyl (C=O) groups excluding carboxylic acids is 1. The molecule has 32 heavy (non-hydrogen) atoms. The van der Waals surface area contributed by atoms with Crippen LogP contribution in [-0.4, -0.2) is 27.5 Å². The molecule has 1 amide bonds. The van der Waals surface area contributed by atoms with Crippen LogP contribution in [0.3, 0.4) is 0 Å². The van der Waals surface area contributed by atoms with Crippen LogP contribution in [0.2, 0.25) is 0 Å². The Labute approximate surface area is 189 Å². The molecule has 0 saturated heterocycles. The second kappa shape index (κ2) is 8.67. The van der Waals surface area contributed by atoms with Crippen molar-refractivity contribution in [3.8, 4) is 5.75 Å². The van der Waals surface area contributed by atoms with E-state index in [4.69, 9.17) is 4.74 Å². The number of methoxy groups -OCH3 is 1. The summed E-state index contributed by atoms with van der Waals surface area (Å²) in [7, 11) is -2.29. The van der Waals surface area contributed by atoms with Crippen molar-refractivity contribution in [1.82, 2.24) is 0 Å². The average molecular weight is 451 g/mol. The summed E-state index contributed by atoms with van der Waals surface area (Å²) in [5, 5.41) is 0. The van der Waals surface area contributed by atoms with Gasteiger partial charge in [0.25, 0.3) is 10.0 Å². The summed E-state index contributed by atoms with van der Waals surface area (Å²) in [6.07, 6.45) is 0.624. The van der Waals surface area contributed by atoms with E-state index in [0.717, 1.165) is 16.8 Å². The van der Waals surface area contributed by atoms with Gasteiger partial charge in [0.2, 0.25) is 5.91 Å². The lowest BCUT2D eigenvalue weighted by atomic mass is 10.1. The zero-order valence-electron chi connectivity index (χ0n) is 18.4. The number of amides is 1. The van der Waals surface area contributed by atoms with Gasteiger partial charge in [-0.25, -0.2) is 8.42 Å². The summed E-state index contributed by atoms with van der Waals surface area (Å²) in [4.78, 5) is 14.0. The van der Waals surface area contributed by atoms with Crippen molar-refractivity contribution in [3.63, 3.8) is 0 Å². The fraction of sp³-hybridized carbons (Fsp3) is 0.240. The smallest absolute Gasteiger partial charge is 0.264 e. The molecule has 7 heteroatoms. The van der Waals surface area contributed by atoms with Crippen molar-refractivity contribution >= 4 is 27.3 Å². The molecule has 1 aliphatic rings. The predicted molar refractivity (Wildman–Crippen MR) is 126 cm³/mol. The minimum Gasteiger partial charge on any atom is -0.497 e. The molecular weight excluding hydrogens is 424 g/mol. The molecule has 1 atom stereocenters. The maximum absolute atomic E-state index is 13.8. The van der Waals surface area contributed by atoms with Crippen LogP contribution in [-0.2, 0) is 27.8 Å². The Bertz CT molecular complexity index is 1220. The van der Waals surface area contributed by atoms with Crippen molar-refractivity contribution in [3.05, 3.63) is 83.9 Å². The molecular formula is C25H26N2O4S. The third-order valence-corrected chi connectivity index (χ3v) is 7.49. The molecule has 6 nitrogen and oxygen atoms in total. The van der Waals surface area contributed by atoms with Gasteiger partial charge in [0.1, 0.15) is 5.75 Å². The van der Waals surface area contributed by atoms with Crippen molar-refractivity contribution in [2.24, 2.45) is 0 Å². The van der Waals surface area contributed by atoms with Gasteiger partial charge in [0, 0.05) is 18.7 Å². The van der Waals surface area contributed by atoms with Crippen LogP contribution in [0.1, 0.15) is 25.0 Å². The molecule has 3 aromatic rings. The van der Waals surface area contributed by atoms with Crippen LogP contribution in [0.15, 0.2) is 77.7 Å². The molecule has 0 fully saturated rings. The first-order valence-corrected chi connectivity index (χ1v) is 11.9. The first kappa shape index (κ1) is 21.9. The first-order valence-electron chi connectivity index (χ1n) is 10.4. The number of sulfonamides is 1. The van der Waals surface area contributed by atoms with Crippen molar-refractivity contribution in [2.75, 3.05) is 16.3 Å². The van der Waals surface area contributed by atoms with Crippen LogP contribution in [0.25, 0.3) is 0 Å². The second-order valence-corrected chi connectivity index (χ2v) is 9.79. The molecule has 1 heterocycles. The fourth-order valence-corrected chi connectivity index (χ4v) is 5.69. The van der Waals surface area contributed by atoms with Crippen molar-refractivity contribution in [2.45, 2.75) is 37.8 Å². The molecule has 3 aromatic carbocycles. The standard InChI is InChI=1S/C25H26N2O4S/c1-18-15-21-16-24(13-14-25(21)27(18)19(2)28)32(29,30)26(17-20-7-5-4-6-8-20)22-9-11-23(31-3)12-10-22/h4-14,16,18H,15,17H2,1-3H3. The van der Waals surface area contributed by atoms with E-state index in [0.29, 0.717) is 17.9 Å². The maximum atomic E-state index is 13.8. The lowest BCUT2D eigenvalue weighted by molar-refractivity contribution is -0.116. The van der Waals surface area contributed by atoms with Crippen LogP contribution in [0.5, 0.6) is 5.75 Å². The highest BCUT2D eigenvalue weighted by molar-refractivity contribution is 7.92. The summed E-state index contributed by atoms with van der Waals surface area (Å²) in [6.45, 7) is 3.69. The number of nitrogens with zero attached hydrogens (tertiary/aromatic N) is 2. The Morgan fingerprint density at radius 1 is 1.06 bits per heavy atom.